The van der Waals surface area contributed by atoms with Crippen LogP contribution in [0.4, 0.5) is 0 Å². The molecule has 3 nitrogen and oxygen atoms in total. The van der Waals surface area contributed by atoms with Gasteiger partial charge in [-0.05, 0) is 6.92 Å². The van der Waals surface area contributed by atoms with Crippen molar-refractivity contribution in [3.05, 3.63) is 0 Å². The first-order chi connectivity index (χ1) is 3.66. The van der Waals surface area contributed by atoms with Gasteiger partial charge in [0.15, 0.2) is 0 Å². The Morgan fingerprint density at radius 1 is 1.62 bits per heavy atom. The molecular weight excluding hydrogens is 107 g/mol. The molecule has 8 heavy (non-hydrogen) atoms. The Kier molecular flexibility index (Phi) is 2.92. The molecule has 0 radical (unpaired) electrons. The molecule has 0 saturated heterocycles. The van der Waals surface area contributed by atoms with Crippen LogP contribution in [0.1, 0.15) is 13.3 Å². The maximum absolute atomic E-state index is 10.2. The van der Waals surface area contributed by atoms with Crippen molar-refractivity contribution in [1.29, 1.82) is 0 Å². The van der Waals surface area contributed by atoms with Gasteiger partial charge in [0.2, 0.25) is 0 Å². The molecular formula is C4H7BO3. The van der Waals surface area contributed by atoms with Gasteiger partial charge in [0.25, 0.3) is 5.97 Å². The quantitative estimate of drug-likeness (QED) is 0.343. The molecule has 0 unspecified atom stereocenters. The van der Waals surface area contributed by atoms with Gasteiger partial charge in [-0.1, -0.05) is 0 Å². The van der Waals surface area contributed by atoms with Gasteiger partial charge in [-0.25, -0.2) is 0 Å². The first-order valence-electron chi connectivity index (χ1n) is 2.23. The van der Waals surface area contributed by atoms with Crippen LogP contribution in [0.3, 0.4) is 0 Å². The summed E-state index contributed by atoms with van der Waals surface area (Å²) >= 11 is 0. The Morgan fingerprint density at radius 2 is 2.12 bits per heavy atom. The van der Waals surface area contributed by atoms with Gasteiger partial charge in [0, 0.05) is 0 Å². The summed E-state index contributed by atoms with van der Waals surface area (Å²) in [5.74, 6) is -0.644. The lowest BCUT2D eigenvalue weighted by molar-refractivity contribution is -0.137. The van der Waals surface area contributed by atoms with E-state index in [1.807, 2.05) is 0 Å². The fourth-order valence-corrected chi connectivity index (χ4v) is 0.275. The normalized spacial score (nSPS) is 8.12. The van der Waals surface area contributed by atoms with Crippen LogP contribution < -0.4 is 0 Å². The average molecular weight is 114 g/mol. The summed E-state index contributed by atoms with van der Waals surface area (Å²) in [7, 11) is 1.26. The molecule has 0 aliphatic rings. The zero-order chi connectivity index (χ0) is 6.57. The molecule has 0 aliphatic heterocycles. The van der Waals surface area contributed by atoms with Gasteiger partial charge in [0.05, 0.1) is 0 Å². The molecule has 0 N–H and O–H groups in total. The van der Waals surface area contributed by atoms with E-state index in [1.165, 1.54) is 15.0 Å². The predicted octanol–water partition coefficient (Wildman–Crippen LogP) is -0.943. The molecule has 0 aromatic heterocycles. The summed E-state index contributed by atoms with van der Waals surface area (Å²) in [5, 5.41) is 0. The van der Waals surface area contributed by atoms with E-state index >= 15 is 0 Å². The number of carbonyl (C=O) groups excluding carboxylic acids is 2. The van der Waals surface area contributed by atoms with Crippen LogP contribution >= 0.6 is 0 Å². The van der Waals surface area contributed by atoms with Gasteiger partial charge >= 0.3 is 8.05 Å². The first kappa shape index (κ1) is 7.20. The number of rotatable bonds is 2. The minimum Gasteiger partial charge on any atom is -0.543 e. The van der Waals surface area contributed by atoms with Crippen LogP contribution in [0.2, 0.25) is 0 Å². The van der Waals surface area contributed by atoms with Crippen LogP contribution in [0, 0.1) is 0 Å². The van der Waals surface area contributed by atoms with E-state index in [9.17, 15) is 9.59 Å². The summed E-state index contributed by atoms with van der Waals surface area (Å²) in [5.41, 5.74) is 0. The second kappa shape index (κ2) is 3.24. The van der Waals surface area contributed by atoms with Crippen LogP contribution in [0.15, 0.2) is 0 Å². The highest BCUT2D eigenvalue weighted by atomic mass is 16.5. The molecule has 0 rings (SSSR count). The molecule has 0 saturated carbocycles. The van der Waals surface area contributed by atoms with E-state index in [0.29, 0.717) is 0 Å². The third-order valence-corrected chi connectivity index (χ3v) is 0.621. The van der Waals surface area contributed by atoms with E-state index in [2.05, 4.69) is 4.65 Å². The smallest absolute Gasteiger partial charge is 0.325 e. The standard InChI is InChI=1S/C4H7BO3/c1-3(6)2-4(7)8-5/h2,5H2,1H3. The van der Waals surface area contributed by atoms with E-state index in [-0.39, 0.29) is 12.2 Å². The minimum atomic E-state index is -0.475. The van der Waals surface area contributed by atoms with Crippen LogP contribution in [0.25, 0.3) is 0 Å². The molecule has 0 amide bonds. The van der Waals surface area contributed by atoms with Crippen molar-refractivity contribution in [3.8, 4) is 0 Å². The zero-order valence-electron chi connectivity index (χ0n) is 4.93. The van der Waals surface area contributed by atoms with Crippen molar-refractivity contribution in [3.63, 3.8) is 0 Å². The van der Waals surface area contributed by atoms with Crippen LogP contribution in [0.5, 0.6) is 0 Å². The Balaban J connectivity index is 3.40. The lowest BCUT2D eigenvalue weighted by atomic mass is 10.3. The summed E-state index contributed by atoms with van der Waals surface area (Å²) in [4.78, 5) is 20.3. The van der Waals surface area contributed by atoms with Crippen molar-refractivity contribution in [2.75, 3.05) is 0 Å². The molecule has 4 heteroatoms. The largest absolute Gasteiger partial charge is 0.543 e. The molecule has 0 aromatic rings. The van der Waals surface area contributed by atoms with Gasteiger partial charge in [-0.15, -0.1) is 0 Å². The third-order valence-electron chi connectivity index (χ3n) is 0.621. The highest BCUT2D eigenvalue weighted by Gasteiger charge is 2.01. The van der Waals surface area contributed by atoms with E-state index in [0.717, 1.165) is 0 Å². The summed E-state index contributed by atoms with van der Waals surface area (Å²) < 4.78 is 4.20. The molecule has 0 aromatic carbocycles. The SMILES string of the molecule is BOC(=O)CC(C)=O. The van der Waals surface area contributed by atoms with Crippen molar-refractivity contribution in [2.24, 2.45) is 0 Å². The molecule has 0 bridgehead atoms. The van der Waals surface area contributed by atoms with Crippen LogP contribution in [-0.2, 0) is 14.2 Å². The van der Waals surface area contributed by atoms with Crippen LogP contribution in [-0.4, -0.2) is 19.8 Å². The summed E-state index contributed by atoms with van der Waals surface area (Å²) in [6.45, 7) is 1.34. The number of hydrogen-bond acceptors (Lipinski definition) is 3. The van der Waals surface area contributed by atoms with Gasteiger partial charge in [0.1, 0.15) is 12.2 Å². The minimum absolute atomic E-state index is 0.115. The van der Waals surface area contributed by atoms with E-state index in [1.54, 1.807) is 0 Å². The molecule has 0 fully saturated rings. The fourth-order valence-electron chi connectivity index (χ4n) is 0.275. The van der Waals surface area contributed by atoms with E-state index < -0.39 is 5.97 Å². The summed E-state index contributed by atoms with van der Waals surface area (Å²) in [6.07, 6.45) is -0.115. The van der Waals surface area contributed by atoms with Crippen molar-refractivity contribution >= 4 is 19.8 Å². The lowest BCUT2D eigenvalue weighted by Gasteiger charge is -1.92. The number of hydrogen-bond donors (Lipinski definition) is 0. The Morgan fingerprint density at radius 3 is 2.25 bits per heavy atom. The van der Waals surface area contributed by atoms with Gasteiger partial charge in [-0.3, -0.25) is 9.59 Å². The van der Waals surface area contributed by atoms with E-state index in [4.69, 9.17) is 0 Å². The number of ketones is 1. The fraction of sp³-hybridized carbons (Fsp3) is 0.500. The molecule has 0 heterocycles. The monoisotopic (exact) mass is 114 g/mol. The molecule has 0 aliphatic carbocycles. The number of Topliss-reactive ketones (excluding diaryl/α,β-unsaturated/α-hetero) is 1. The summed E-state index contributed by atoms with van der Waals surface area (Å²) in [6, 6.07) is 0. The van der Waals surface area contributed by atoms with Crippen molar-refractivity contribution in [1.82, 2.24) is 0 Å². The molecule has 0 spiro atoms. The average Bonchev–Trinajstić information content (AvgIpc) is 1.65. The second-order valence-electron chi connectivity index (χ2n) is 1.45. The Bertz CT molecular complexity index is 110. The highest BCUT2D eigenvalue weighted by molar-refractivity contribution is 6.08. The topological polar surface area (TPSA) is 43.4 Å². The maximum Gasteiger partial charge on any atom is 0.325 e. The zero-order valence-corrected chi connectivity index (χ0v) is 4.93. The van der Waals surface area contributed by atoms with Gasteiger partial charge < -0.3 is 4.65 Å². The third kappa shape index (κ3) is 3.40. The highest BCUT2D eigenvalue weighted by Crippen LogP contribution is 1.82. The first-order valence-corrected chi connectivity index (χ1v) is 2.23. The Labute approximate surface area is 48.5 Å². The molecule has 44 valence electrons. The second-order valence-corrected chi connectivity index (χ2v) is 1.45. The lowest BCUT2D eigenvalue weighted by Crippen LogP contribution is -2.05. The maximum atomic E-state index is 10.2. The Hall–Kier alpha value is -0.795. The van der Waals surface area contributed by atoms with Crippen molar-refractivity contribution < 1.29 is 14.2 Å². The predicted molar refractivity (Wildman–Crippen MR) is 29.9 cm³/mol. The molecule has 0 atom stereocenters. The van der Waals surface area contributed by atoms with Gasteiger partial charge in [-0.2, -0.15) is 0 Å². The number of carbonyl (C=O) groups is 2. The van der Waals surface area contributed by atoms with Crippen molar-refractivity contribution in [2.45, 2.75) is 13.3 Å².